The molecule has 0 saturated carbocycles. The lowest BCUT2D eigenvalue weighted by atomic mass is 10.3. The third kappa shape index (κ3) is 5.79. The van der Waals surface area contributed by atoms with E-state index in [9.17, 15) is 4.79 Å². The zero-order valence-electron chi connectivity index (χ0n) is 12.9. The number of rotatable bonds is 7. The lowest BCUT2D eigenvalue weighted by molar-refractivity contribution is -0.114. The lowest BCUT2D eigenvalue weighted by Gasteiger charge is -2.11. The Hall–Kier alpha value is -2.27. The highest BCUT2D eigenvalue weighted by atomic mass is 79.9. The van der Waals surface area contributed by atoms with E-state index in [-0.39, 0.29) is 12.5 Å². The number of anilines is 2. The fourth-order valence-corrected chi connectivity index (χ4v) is 2.28. The van der Waals surface area contributed by atoms with Crippen molar-refractivity contribution in [3.63, 3.8) is 0 Å². The molecule has 2 N–H and O–H groups in total. The van der Waals surface area contributed by atoms with Crippen LogP contribution in [-0.2, 0) is 4.79 Å². The Labute approximate surface area is 144 Å². The summed E-state index contributed by atoms with van der Waals surface area (Å²) in [5, 5.41) is 5.93. The number of halogens is 1. The van der Waals surface area contributed by atoms with Crippen molar-refractivity contribution >= 4 is 33.2 Å². The summed E-state index contributed by atoms with van der Waals surface area (Å²) in [5.74, 6) is 0.572. The molecule has 0 atom stereocenters. The number of hydrogen-bond donors (Lipinski definition) is 2. The van der Waals surface area contributed by atoms with Gasteiger partial charge in [0.1, 0.15) is 12.4 Å². The van der Waals surface area contributed by atoms with Crippen LogP contribution in [0.2, 0.25) is 0 Å². The maximum absolute atomic E-state index is 12.0. The van der Waals surface area contributed by atoms with Gasteiger partial charge >= 0.3 is 0 Å². The smallest absolute Gasteiger partial charge is 0.243 e. The minimum Gasteiger partial charge on any atom is -0.489 e. The quantitative estimate of drug-likeness (QED) is 0.703. The van der Waals surface area contributed by atoms with Crippen LogP contribution in [0.25, 0.3) is 0 Å². The van der Waals surface area contributed by atoms with Crippen LogP contribution in [0.1, 0.15) is 6.92 Å². The molecule has 23 heavy (non-hydrogen) atoms. The van der Waals surface area contributed by atoms with Gasteiger partial charge in [0.2, 0.25) is 5.91 Å². The van der Waals surface area contributed by atoms with Crippen molar-refractivity contribution in [3.8, 4) is 5.75 Å². The van der Waals surface area contributed by atoms with Gasteiger partial charge in [-0.1, -0.05) is 24.8 Å². The second-order valence-electron chi connectivity index (χ2n) is 5.16. The number of carbonyl (C=O) groups excluding carboxylic acids is 1. The van der Waals surface area contributed by atoms with Gasteiger partial charge in [0, 0.05) is 21.9 Å². The summed E-state index contributed by atoms with van der Waals surface area (Å²) in [4.78, 5) is 12.0. The number of hydrogen-bond acceptors (Lipinski definition) is 3. The molecule has 0 radical (unpaired) electrons. The second kappa shape index (κ2) is 8.39. The molecule has 2 aromatic rings. The Bertz CT molecular complexity index is 701. The van der Waals surface area contributed by atoms with E-state index in [0.29, 0.717) is 18.0 Å². The third-order valence-electron chi connectivity index (χ3n) is 2.92. The van der Waals surface area contributed by atoms with Crippen LogP contribution in [0.5, 0.6) is 5.75 Å². The molecule has 5 heteroatoms. The van der Waals surface area contributed by atoms with Gasteiger partial charge in [-0.05, 0) is 52.7 Å². The van der Waals surface area contributed by atoms with Gasteiger partial charge in [0.15, 0.2) is 0 Å². The van der Waals surface area contributed by atoms with Crippen LogP contribution in [0.3, 0.4) is 0 Å². The predicted molar refractivity (Wildman–Crippen MR) is 98.0 cm³/mol. The Morgan fingerprint density at radius 1 is 1.22 bits per heavy atom. The molecule has 2 rings (SSSR count). The van der Waals surface area contributed by atoms with Gasteiger partial charge in [-0.25, -0.2) is 0 Å². The molecule has 0 aliphatic carbocycles. The monoisotopic (exact) mass is 374 g/mol. The average Bonchev–Trinajstić information content (AvgIpc) is 2.52. The van der Waals surface area contributed by atoms with Crippen molar-refractivity contribution in [2.24, 2.45) is 0 Å². The van der Waals surface area contributed by atoms with E-state index in [2.05, 4.69) is 33.1 Å². The second-order valence-corrected chi connectivity index (χ2v) is 6.01. The van der Waals surface area contributed by atoms with E-state index >= 15 is 0 Å². The summed E-state index contributed by atoms with van der Waals surface area (Å²) < 4.78 is 6.48. The zero-order chi connectivity index (χ0) is 16.7. The Morgan fingerprint density at radius 2 is 2.00 bits per heavy atom. The van der Waals surface area contributed by atoms with E-state index in [1.54, 1.807) is 6.07 Å². The van der Waals surface area contributed by atoms with Crippen molar-refractivity contribution in [1.82, 2.24) is 0 Å². The van der Waals surface area contributed by atoms with E-state index < -0.39 is 0 Å². The van der Waals surface area contributed by atoms with Crippen molar-refractivity contribution in [1.29, 1.82) is 0 Å². The minimum atomic E-state index is -0.127. The lowest BCUT2D eigenvalue weighted by Crippen LogP contribution is -2.21. The van der Waals surface area contributed by atoms with Gasteiger partial charge in [0.05, 0.1) is 6.54 Å². The van der Waals surface area contributed by atoms with Crippen LogP contribution >= 0.6 is 15.9 Å². The van der Waals surface area contributed by atoms with E-state index in [1.165, 1.54) is 0 Å². The first-order valence-electron chi connectivity index (χ1n) is 7.20. The molecule has 0 saturated heterocycles. The van der Waals surface area contributed by atoms with Crippen molar-refractivity contribution in [2.75, 3.05) is 23.8 Å². The molecule has 0 spiro atoms. The van der Waals surface area contributed by atoms with Crippen LogP contribution in [0.15, 0.2) is 65.2 Å². The molecule has 0 bridgehead atoms. The standard InChI is InChI=1S/C18H19BrN2O2/c1-13(2)12-23-15-7-5-6-14(10-15)21-18(22)11-20-17-9-4-3-8-16(17)19/h3-10,20H,1,11-12H2,2H3,(H,21,22). The van der Waals surface area contributed by atoms with Crippen LogP contribution in [0, 0.1) is 0 Å². The summed E-state index contributed by atoms with van der Waals surface area (Å²) >= 11 is 3.43. The molecule has 0 aliphatic heterocycles. The number of carbonyl (C=O) groups is 1. The van der Waals surface area contributed by atoms with Crippen LogP contribution in [0.4, 0.5) is 11.4 Å². The summed E-state index contributed by atoms with van der Waals surface area (Å²) in [6.45, 7) is 6.34. The topological polar surface area (TPSA) is 50.4 Å². The summed E-state index contributed by atoms with van der Waals surface area (Å²) in [5.41, 5.74) is 2.52. The predicted octanol–water partition coefficient (Wildman–Crippen LogP) is 4.45. The molecule has 0 fully saturated rings. The minimum absolute atomic E-state index is 0.127. The van der Waals surface area contributed by atoms with E-state index in [0.717, 1.165) is 15.7 Å². The highest BCUT2D eigenvalue weighted by Crippen LogP contribution is 2.21. The molecule has 0 heterocycles. The first-order chi connectivity index (χ1) is 11.0. The Morgan fingerprint density at radius 3 is 2.74 bits per heavy atom. The highest BCUT2D eigenvalue weighted by Gasteiger charge is 2.05. The fourth-order valence-electron chi connectivity index (χ4n) is 1.86. The molecule has 120 valence electrons. The Kier molecular flexibility index (Phi) is 6.23. The van der Waals surface area contributed by atoms with Crippen molar-refractivity contribution in [2.45, 2.75) is 6.92 Å². The normalized spacial score (nSPS) is 10.0. The molecular formula is C18H19BrN2O2. The molecule has 2 aromatic carbocycles. The number of ether oxygens (including phenoxy) is 1. The molecular weight excluding hydrogens is 356 g/mol. The summed E-state index contributed by atoms with van der Waals surface area (Å²) in [6.07, 6.45) is 0. The molecule has 0 aliphatic rings. The van der Waals surface area contributed by atoms with E-state index in [4.69, 9.17) is 4.74 Å². The summed E-state index contributed by atoms with van der Waals surface area (Å²) in [7, 11) is 0. The van der Waals surface area contributed by atoms with Gasteiger partial charge < -0.3 is 15.4 Å². The zero-order valence-corrected chi connectivity index (χ0v) is 14.5. The number of amides is 1. The van der Waals surface area contributed by atoms with Gasteiger partial charge in [-0.15, -0.1) is 0 Å². The highest BCUT2D eigenvalue weighted by molar-refractivity contribution is 9.10. The Balaban J connectivity index is 1.89. The van der Waals surface area contributed by atoms with Crippen molar-refractivity contribution < 1.29 is 9.53 Å². The van der Waals surface area contributed by atoms with Crippen molar-refractivity contribution in [3.05, 3.63) is 65.2 Å². The SMILES string of the molecule is C=C(C)COc1cccc(NC(=O)CNc2ccccc2Br)c1. The third-order valence-corrected chi connectivity index (χ3v) is 3.61. The van der Waals surface area contributed by atoms with Crippen LogP contribution in [-0.4, -0.2) is 19.1 Å². The van der Waals surface area contributed by atoms with Crippen LogP contribution < -0.4 is 15.4 Å². The van der Waals surface area contributed by atoms with E-state index in [1.807, 2.05) is 49.4 Å². The molecule has 1 amide bonds. The van der Waals surface area contributed by atoms with Gasteiger partial charge in [-0.2, -0.15) is 0 Å². The molecule has 0 aromatic heterocycles. The summed E-state index contributed by atoms with van der Waals surface area (Å²) in [6, 6.07) is 15.0. The van der Waals surface area contributed by atoms with Gasteiger partial charge in [0.25, 0.3) is 0 Å². The first-order valence-corrected chi connectivity index (χ1v) is 7.99. The molecule has 0 unspecified atom stereocenters. The number of nitrogens with one attached hydrogen (secondary N) is 2. The fraction of sp³-hybridized carbons (Fsp3) is 0.167. The largest absolute Gasteiger partial charge is 0.489 e. The molecule has 4 nitrogen and oxygen atoms in total. The van der Waals surface area contributed by atoms with Gasteiger partial charge in [-0.3, -0.25) is 4.79 Å². The maximum Gasteiger partial charge on any atom is 0.243 e. The average molecular weight is 375 g/mol. The maximum atomic E-state index is 12.0. The number of benzene rings is 2. The number of para-hydroxylation sites is 1. The first kappa shape index (κ1) is 17.1.